The number of amides is 3. The van der Waals surface area contributed by atoms with Crippen LogP contribution in [-0.2, 0) is 4.79 Å². The Morgan fingerprint density at radius 1 is 1.47 bits per heavy atom. The van der Waals surface area contributed by atoms with Crippen LogP contribution in [0.4, 0.5) is 4.79 Å². The largest absolute Gasteiger partial charge is 0.390 e. The number of likely N-dealkylation sites (N-methyl/N-ethyl adjacent to an activating group) is 1. The van der Waals surface area contributed by atoms with Crippen molar-refractivity contribution < 1.29 is 14.7 Å². The van der Waals surface area contributed by atoms with Gasteiger partial charge in [-0.15, -0.1) is 0 Å². The second-order valence-electron chi connectivity index (χ2n) is 4.85. The van der Waals surface area contributed by atoms with Gasteiger partial charge in [0, 0.05) is 6.54 Å². The Bertz CT molecular complexity index is 326. The van der Waals surface area contributed by atoms with Crippen LogP contribution < -0.4 is 10.6 Å². The highest BCUT2D eigenvalue weighted by atomic mass is 16.3. The first-order chi connectivity index (χ1) is 8.09. The van der Waals surface area contributed by atoms with E-state index in [2.05, 4.69) is 10.6 Å². The number of carbonyl (C=O) groups excluding carboxylic acids is 2. The molecule has 1 aliphatic carbocycles. The van der Waals surface area contributed by atoms with E-state index in [4.69, 9.17) is 0 Å². The highest BCUT2D eigenvalue weighted by Crippen LogP contribution is 2.34. The summed E-state index contributed by atoms with van der Waals surface area (Å²) in [5.41, 5.74) is -0.670. The molecule has 0 aromatic rings. The average Bonchev–Trinajstić information content (AvgIpc) is 2.82. The molecule has 6 nitrogen and oxygen atoms in total. The lowest BCUT2D eigenvalue weighted by molar-refractivity contribution is -0.132. The number of hydrogen-bond acceptors (Lipinski definition) is 4. The lowest BCUT2D eigenvalue weighted by Crippen LogP contribution is -2.45. The molecule has 1 atom stereocenters. The minimum atomic E-state index is -0.716. The molecule has 0 radical (unpaired) electrons. The minimum Gasteiger partial charge on any atom is -0.390 e. The predicted molar refractivity (Wildman–Crippen MR) is 61.4 cm³/mol. The second kappa shape index (κ2) is 4.62. The van der Waals surface area contributed by atoms with Crippen molar-refractivity contribution in [2.24, 2.45) is 0 Å². The Hall–Kier alpha value is -1.14. The molecule has 1 aliphatic heterocycles. The first-order valence-corrected chi connectivity index (χ1v) is 6.06. The fraction of sp³-hybridized carbons (Fsp3) is 0.818. The minimum absolute atomic E-state index is 0.0628. The van der Waals surface area contributed by atoms with Gasteiger partial charge in [0.1, 0.15) is 5.54 Å². The number of nitrogens with zero attached hydrogens (tertiary/aromatic N) is 1. The Labute approximate surface area is 100 Å². The third-order valence-corrected chi connectivity index (χ3v) is 3.54. The van der Waals surface area contributed by atoms with Crippen molar-refractivity contribution in [2.45, 2.75) is 37.3 Å². The molecule has 2 aliphatic rings. The normalized spacial score (nSPS) is 24.5. The molecule has 2 fully saturated rings. The number of urea groups is 1. The molecule has 0 aromatic carbocycles. The van der Waals surface area contributed by atoms with Gasteiger partial charge in [-0.3, -0.25) is 9.69 Å². The van der Waals surface area contributed by atoms with Crippen molar-refractivity contribution in [2.75, 3.05) is 20.1 Å². The average molecular weight is 241 g/mol. The van der Waals surface area contributed by atoms with Crippen LogP contribution >= 0.6 is 0 Å². The van der Waals surface area contributed by atoms with Crippen LogP contribution in [0.2, 0.25) is 0 Å². The van der Waals surface area contributed by atoms with Crippen molar-refractivity contribution in [3.8, 4) is 0 Å². The van der Waals surface area contributed by atoms with E-state index in [0.717, 1.165) is 30.6 Å². The first-order valence-electron chi connectivity index (χ1n) is 6.06. The van der Waals surface area contributed by atoms with Gasteiger partial charge < -0.3 is 15.7 Å². The first kappa shape index (κ1) is 12.3. The smallest absolute Gasteiger partial charge is 0.325 e. The van der Waals surface area contributed by atoms with E-state index in [0.29, 0.717) is 6.54 Å². The van der Waals surface area contributed by atoms with Gasteiger partial charge >= 0.3 is 6.03 Å². The zero-order chi connectivity index (χ0) is 12.5. The van der Waals surface area contributed by atoms with E-state index in [1.165, 1.54) is 0 Å². The quantitative estimate of drug-likeness (QED) is 0.576. The number of aliphatic hydroxyl groups excluding tert-OH is 1. The summed E-state index contributed by atoms with van der Waals surface area (Å²) in [7, 11) is 1.72. The summed E-state index contributed by atoms with van der Waals surface area (Å²) in [4.78, 5) is 25.1. The number of rotatable bonds is 4. The number of imide groups is 1. The van der Waals surface area contributed by atoms with E-state index in [-0.39, 0.29) is 18.5 Å². The molecule has 3 N–H and O–H groups in total. The van der Waals surface area contributed by atoms with Gasteiger partial charge in [0.05, 0.1) is 12.6 Å². The summed E-state index contributed by atoms with van der Waals surface area (Å²) >= 11 is 0. The summed E-state index contributed by atoms with van der Waals surface area (Å²) in [6.45, 7) is 0.428. The van der Waals surface area contributed by atoms with Crippen LogP contribution in [0.3, 0.4) is 0 Å². The Morgan fingerprint density at radius 2 is 2.12 bits per heavy atom. The van der Waals surface area contributed by atoms with E-state index in [1.807, 2.05) is 0 Å². The Kier molecular flexibility index (Phi) is 3.35. The summed E-state index contributed by atoms with van der Waals surface area (Å²) in [5.74, 6) is -0.171. The van der Waals surface area contributed by atoms with Gasteiger partial charge in [0.25, 0.3) is 5.91 Å². The molecule has 1 spiro atoms. The maximum Gasteiger partial charge on any atom is 0.325 e. The molecule has 17 heavy (non-hydrogen) atoms. The maximum absolute atomic E-state index is 12.2. The van der Waals surface area contributed by atoms with Gasteiger partial charge in [-0.1, -0.05) is 12.8 Å². The van der Waals surface area contributed by atoms with Crippen molar-refractivity contribution in [3.63, 3.8) is 0 Å². The lowest BCUT2D eigenvalue weighted by atomic mass is 9.98. The molecule has 1 saturated heterocycles. The van der Waals surface area contributed by atoms with E-state index < -0.39 is 11.6 Å². The van der Waals surface area contributed by atoms with Gasteiger partial charge in [-0.05, 0) is 19.9 Å². The van der Waals surface area contributed by atoms with Gasteiger partial charge in [0.2, 0.25) is 0 Å². The number of β-amino-alcohol motifs (C(OH)–C–C–N with tert-alkyl or cyclic N) is 1. The van der Waals surface area contributed by atoms with Gasteiger partial charge in [-0.2, -0.15) is 0 Å². The van der Waals surface area contributed by atoms with Crippen molar-refractivity contribution in [1.29, 1.82) is 0 Å². The number of hydrogen-bond donors (Lipinski definition) is 3. The third kappa shape index (κ3) is 2.14. The summed E-state index contributed by atoms with van der Waals surface area (Å²) in [6, 6.07) is -0.368. The third-order valence-electron chi connectivity index (χ3n) is 3.54. The van der Waals surface area contributed by atoms with Crippen LogP contribution in [-0.4, -0.2) is 53.7 Å². The second-order valence-corrected chi connectivity index (χ2v) is 4.85. The van der Waals surface area contributed by atoms with Gasteiger partial charge in [-0.25, -0.2) is 4.79 Å². The predicted octanol–water partition coefficient (Wildman–Crippen LogP) is -0.569. The van der Waals surface area contributed by atoms with Crippen LogP contribution in [0.15, 0.2) is 0 Å². The molecule has 2 rings (SSSR count). The highest BCUT2D eigenvalue weighted by molar-refractivity contribution is 6.07. The topological polar surface area (TPSA) is 81.7 Å². The fourth-order valence-corrected chi connectivity index (χ4v) is 2.67. The summed E-state index contributed by atoms with van der Waals surface area (Å²) in [5, 5.41) is 15.2. The lowest BCUT2D eigenvalue weighted by Gasteiger charge is -2.21. The monoisotopic (exact) mass is 241 g/mol. The molecule has 6 heteroatoms. The molecule has 0 aromatic heterocycles. The van der Waals surface area contributed by atoms with Crippen LogP contribution in [0.1, 0.15) is 25.7 Å². The van der Waals surface area contributed by atoms with Crippen molar-refractivity contribution in [1.82, 2.24) is 15.5 Å². The zero-order valence-corrected chi connectivity index (χ0v) is 10.0. The molecule has 3 amide bonds. The van der Waals surface area contributed by atoms with E-state index in [9.17, 15) is 14.7 Å². The molecule has 96 valence electrons. The van der Waals surface area contributed by atoms with Gasteiger partial charge in [0.15, 0.2) is 0 Å². The maximum atomic E-state index is 12.2. The zero-order valence-electron chi connectivity index (χ0n) is 10.0. The van der Waals surface area contributed by atoms with Crippen molar-refractivity contribution >= 4 is 11.9 Å². The van der Waals surface area contributed by atoms with Crippen LogP contribution in [0.25, 0.3) is 0 Å². The Morgan fingerprint density at radius 3 is 2.71 bits per heavy atom. The summed E-state index contributed by atoms with van der Waals surface area (Å²) < 4.78 is 0. The highest BCUT2D eigenvalue weighted by Gasteiger charge is 2.52. The molecular weight excluding hydrogens is 222 g/mol. The summed E-state index contributed by atoms with van der Waals surface area (Å²) in [6.07, 6.45) is 2.66. The number of nitrogens with one attached hydrogen (secondary N) is 2. The SMILES string of the molecule is CNCC(O)CN1C(=O)NC2(CCCC2)C1=O. The number of carbonyl (C=O) groups is 2. The molecule has 1 heterocycles. The standard InChI is InChI=1S/C11H19N3O3/c1-12-6-8(15)7-14-9(16)11(13-10(14)17)4-2-3-5-11/h8,12,15H,2-7H2,1H3,(H,13,17). The Balaban J connectivity index is 2.04. The van der Waals surface area contributed by atoms with E-state index in [1.54, 1.807) is 7.05 Å². The van der Waals surface area contributed by atoms with Crippen molar-refractivity contribution in [3.05, 3.63) is 0 Å². The van der Waals surface area contributed by atoms with Crippen LogP contribution in [0.5, 0.6) is 0 Å². The molecule has 0 bridgehead atoms. The van der Waals surface area contributed by atoms with Crippen LogP contribution in [0, 0.1) is 0 Å². The molecule has 1 saturated carbocycles. The number of aliphatic hydroxyl groups is 1. The fourth-order valence-electron chi connectivity index (χ4n) is 2.67. The molecular formula is C11H19N3O3. The molecule has 1 unspecified atom stereocenters. The van der Waals surface area contributed by atoms with E-state index >= 15 is 0 Å².